The van der Waals surface area contributed by atoms with Crippen LogP contribution in [0.3, 0.4) is 0 Å². The van der Waals surface area contributed by atoms with E-state index >= 15 is 0 Å². The van der Waals surface area contributed by atoms with Gasteiger partial charge in [0.15, 0.2) is 17.4 Å². The predicted molar refractivity (Wildman–Crippen MR) is 44.1 cm³/mol. The predicted octanol–water partition coefficient (Wildman–Crippen LogP) is 1.61. The Labute approximate surface area is 63.8 Å². The molecule has 0 N–H and O–H groups in total. The van der Waals surface area contributed by atoms with Gasteiger partial charge in [0, 0.05) is 0 Å². The summed E-state index contributed by atoms with van der Waals surface area (Å²) in [5, 5.41) is 0. The molecule has 0 spiro atoms. The van der Waals surface area contributed by atoms with Crippen LogP contribution in [-0.2, 0) is 0 Å². The summed E-state index contributed by atoms with van der Waals surface area (Å²) in [4.78, 5) is 0. The first-order chi connectivity index (χ1) is 3.41. The highest BCUT2D eigenvalue weighted by atomic mass is 27.0. The van der Waals surface area contributed by atoms with E-state index in [-0.39, 0.29) is 17.4 Å². The molecule has 0 saturated carbocycles. The van der Waals surface area contributed by atoms with Gasteiger partial charge in [0.2, 0.25) is 0 Å². The monoisotopic (exact) mass is 129 g/mol. The van der Waals surface area contributed by atoms with Crippen molar-refractivity contribution in [2.75, 3.05) is 0 Å². The first kappa shape index (κ1) is 11.3. The standard InChI is InChI=1S/C7H15.Al.3H/c1-3-5-7-6-4-2;;;;/h3H,4-7H2,1-2H3;;;;. The largest absolute Gasteiger partial charge is 0.187 e. The molecule has 0 bridgehead atoms. The smallest absolute Gasteiger partial charge is 0.0654 e. The molecule has 49 valence electrons. The molecular formula is C7H18Al. The molecule has 0 aliphatic rings. The molecule has 0 aromatic carbocycles. The summed E-state index contributed by atoms with van der Waals surface area (Å²) in [6.45, 7) is 4.35. The van der Waals surface area contributed by atoms with Crippen LogP contribution in [0, 0.1) is 6.42 Å². The second-order valence-electron chi connectivity index (χ2n) is 1.90. The van der Waals surface area contributed by atoms with Crippen LogP contribution < -0.4 is 0 Å². The van der Waals surface area contributed by atoms with Gasteiger partial charge in [0.05, 0.1) is 0 Å². The lowest BCUT2D eigenvalue weighted by atomic mass is 10.2. The third-order valence-corrected chi connectivity index (χ3v) is 1.10. The molecule has 0 aliphatic carbocycles. The van der Waals surface area contributed by atoms with Crippen LogP contribution in [-0.4, -0.2) is 17.4 Å². The second-order valence-corrected chi connectivity index (χ2v) is 1.90. The molecule has 0 aromatic heterocycles. The van der Waals surface area contributed by atoms with Crippen LogP contribution >= 0.6 is 0 Å². The van der Waals surface area contributed by atoms with Gasteiger partial charge < -0.3 is 0 Å². The summed E-state index contributed by atoms with van der Waals surface area (Å²) >= 11 is 0. The molecule has 8 heavy (non-hydrogen) atoms. The first-order valence-corrected chi connectivity index (χ1v) is 3.19. The Kier molecular flexibility index (Phi) is 14.9. The summed E-state index contributed by atoms with van der Waals surface area (Å²) in [5.41, 5.74) is 0. The van der Waals surface area contributed by atoms with Crippen molar-refractivity contribution in [1.29, 1.82) is 0 Å². The van der Waals surface area contributed by atoms with Crippen molar-refractivity contribution >= 4 is 17.4 Å². The van der Waals surface area contributed by atoms with Crippen LogP contribution in [0.25, 0.3) is 0 Å². The quantitative estimate of drug-likeness (QED) is 0.399. The van der Waals surface area contributed by atoms with E-state index in [9.17, 15) is 0 Å². The van der Waals surface area contributed by atoms with Gasteiger partial charge in [-0.05, 0) is 6.42 Å². The fraction of sp³-hybridized carbons (Fsp3) is 0.857. The fourth-order valence-electron chi connectivity index (χ4n) is 0.598. The minimum absolute atomic E-state index is 0. The van der Waals surface area contributed by atoms with Crippen molar-refractivity contribution in [3.8, 4) is 0 Å². The van der Waals surface area contributed by atoms with Crippen LogP contribution in [0.15, 0.2) is 0 Å². The summed E-state index contributed by atoms with van der Waals surface area (Å²) in [6.07, 6.45) is 7.65. The molecule has 0 fully saturated rings. The Bertz CT molecular complexity index is 23.6. The molecule has 0 rings (SSSR count). The molecule has 1 heteroatoms. The molecule has 0 heterocycles. The molecule has 0 amide bonds. The second kappa shape index (κ2) is 10.5. The molecule has 1 radical (unpaired) electrons. The van der Waals surface area contributed by atoms with Gasteiger partial charge >= 0.3 is 0 Å². The minimum Gasteiger partial charge on any atom is -0.0654 e. The molecule has 0 atom stereocenters. The van der Waals surface area contributed by atoms with Gasteiger partial charge in [0.25, 0.3) is 0 Å². The number of rotatable bonds is 4. The Morgan fingerprint density at radius 3 is 2.25 bits per heavy atom. The van der Waals surface area contributed by atoms with Gasteiger partial charge in [0.1, 0.15) is 0 Å². The van der Waals surface area contributed by atoms with Crippen molar-refractivity contribution in [2.45, 2.75) is 39.5 Å². The third-order valence-electron chi connectivity index (χ3n) is 1.10. The van der Waals surface area contributed by atoms with E-state index in [1.807, 2.05) is 0 Å². The normalized spacial score (nSPS) is 8.25. The van der Waals surface area contributed by atoms with E-state index in [4.69, 9.17) is 0 Å². The Hall–Kier alpha value is 0.532. The van der Waals surface area contributed by atoms with Crippen molar-refractivity contribution in [1.82, 2.24) is 0 Å². The summed E-state index contributed by atoms with van der Waals surface area (Å²) in [7, 11) is 0. The minimum atomic E-state index is 0. The Morgan fingerprint density at radius 1 is 1.25 bits per heavy atom. The maximum Gasteiger partial charge on any atom is 0.187 e. The fourth-order valence-corrected chi connectivity index (χ4v) is 0.598. The van der Waals surface area contributed by atoms with Crippen LogP contribution in [0.1, 0.15) is 39.5 Å². The molecule has 0 aromatic rings. The van der Waals surface area contributed by atoms with Gasteiger partial charge in [-0.15, -0.1) is 0 Å². The number of hydrogen-bond donors (Lipinski definition) is 0. The zero-order chi connectivity index (χ0) is 5.54. The average molecular weight is 129 g/mol. The van der Waals surface area contributed by atoms with Crippen molar-refractivity contribution in [3.05, 3.63) is 6.42 Å². The van der Waals surface area contributed by atoms with Crippen LogP contribution in [0.5, 0.6) is 0 Å². The highest BCUT2D eigenvalue weighted by molar-refractivity contribution is 5.75. The van der Waals surface area contributed by atoms with E-state index < -0.39 is 0 Å². The van der Waals surface area contributed by atoms with Crippen LogP contribution in [0.4, 0.5) is 0 Å². The Balaban J connectivity index is 0. The van der Waals surface area contributed by atoms with Crippen molar-refractivity contribution < 1.29 is 0 Å². The molecule has 0 aliphatic heterocycles. The van der Waals surface area contributed by atoms with Gasteiger partial charge in [-0.25, -0.2) is 0 Å². The summed E-state index contributed by atoms with van der Waals surface area (Å²) < 4.78 is 0. The van der Waals surface area contributed by atoms with Crippen molar-refractivity contribution in [2.24, 2.45) is 0 Å². The first-order valence-electron chi connectivity index (χ1n) is 3.19. The van der Waals surface area contributed by atoms with E-state index in [1.165, 1.54) is 25.7 Å². The molecule has 0 unspecified atom stereocenters. The summed E-state index contributed by atoms with van der Waals surface area (Å²) in [5.74, 6) is 0. The average Bonchev–Trinajstić information content (AvgIpc) is 1.69. The molecule has 0 nitrogen and oxygen atoms in total. The highest BCUT2D eigenvalue weighted by Crippen LogP contribution is 1.99. The number of hydrogen-bond acceptors (Lipinski definition) is 0. The molecule has 0 saturated heterocycles. The maximum atomic E-state index is 2.23. The third kappa shape index (κ3) is 9.73. The van der Waals surface area contributed by atoms with Gasteiger partial charge in [-0.2, -0.15) is 0 Å². The van der Waals surface area contributed by atoms with E-state index in [0.29, 0.717) is 0 Å². The lowest BCUT2D eigenvalue weighted by Gasteiger charge is -1.90. The molecular weight excluding hydrogens is 111 g/mol. The highest BCUT2D eigenvalue weighted by Gasteiger charge is 1.80. The zero-order valence-corrected chi connectivity index (χ0v) is 5.41. The van der Waals surface area contributed by atoms with Gasteiger partial charge in [-0.1, -0.05) is 39.5 Å². The van der Waals surface area contributed by atoms with Crippen molar-refractivity contribution in [3.63, 3.8) is 0 Å². The zero-order valence-electron chi connectivity index (χ0n) is 5.41. The lowest BCUT2D eigenvalue weighted by Crippen LogP contribution is -1.71. The van der Waals surface area contributed by atoms with E-state index in [1.54, 1.807) is 0 Å². The lowest BCUT2D eigenvalue weighted by molar-refractivity contribution is 0.711. The van der Waals surface area contributed by atoms with Gasteiger partial charge in [-0.3, -0.25) is 0 Å². The Morgan fingerprint density at radius 2 is 1.88 bits per heavy atom. The topological polar surface area (TPSA) is 0 Å². The van der Waals surface area contributed by atoms with E-state index in [2.05, 4.69) is 20.3 Å². The number of unbranched alkanes of at least 4 members (excludes halogenated alkanes) is 4. The SMILES string of the molecule is C[CH]CCCCC.[AlH3]. The summed E-state index contributed by atoms with van der Waals surface area (Å²) in [6, 6.07) is 0. The van der Waals surface area contributed by atoms with Crippen LogP contribution in [0.2, 0.25) is 0 Å². The maximum absolute atomic E-state index is 2.23. The van der Waals surface area contributed by atoms with E-state index in [0.717, 1.165) is 0 Å².